The number of hydrogen-bond donors (Lipinski definition) is 0. The van der Waals surface area contributed by atoms with Crippen molar-refractivity contribution in [3.63, 3.8) is 0 Å². The van der Waals surface area contributed by atoms with Gasteiger partial charge in [0, 0.05) is 53.2 Å². The number of halogens is 1. The summed E-state index contributed by atoms with van der Waals surface area (Å²) in [4.78, 5) is 16.1. The first-order valence-corrected chi connectivity index (χ1v) is 6.34. The Balaban J connectivity index is 2.52. The fourth-order valence-electron chi connectivity index (χ4n) is 1.66. The summed E-state index contributed by atoms with van der Waals surface area (Å²) in [7, 11) is 0. The Morgan fingerprint density at radius 1 is 1.71 bits per heavy atom. The zero-order chi connectivity index (χ0) is 35.7. The minimum absolute atomic E-state index is 0.135. The van der Waals surface area contributed by atoms with Gasteiger partial charge in [0.25, 0.3) is 0 Å². The normalized spacial score (nSPS) is 44.8. The summed E-state index contributed by atoms with van der Waals surface area (Å²) < 4.78 is 190. The van der Waals surface area contributed by atoms with E-state index in [9.17, 15) is 9.18 Å². The highest BCUT2D eigenvalue weighted by atomic mass is 19.1. The highest BCUT2D eigenvalue weighted by Crippen LogP contribution is 2.23. The minimum Gasteiger partial charge on any atom is -0.444 e. The van der Waals surface area contributed by atoms with E-state index in [-0.39, 0.29) is 4.40 Å². The van der Waals surface area contributed by atoms with Gasteiger partial charge >= 0.3 is 6.09 Å². The van der Waals surface area contributed by atoms with Crippen LogP contribution in [0.4, 0.5) is 9.18 Å². The summed E-state index contributed by atoms with van der Waals surface area (Å²) in [6.45, 7) is -11.6. The van der Waals surface area contributed by atoms with Crippen LogP contribution in [0.3, 0.4) is 0 Å². The third-order valence-corrected chi connectivity index (χ3v) is 2.53. The lowest BCUT2D eigenvalue weighted by molar-refractivity contribution is 0.00986. The average Bonchev–Trinajstić information content (AvgIpc) is 3.21. The van der Waals surface area contributed by atoms with E-state index in [0.717, 1.165) is 0 Å². The van der Waals surface area contributed by atoms with E-state index in [1.807, 2.05) is 0 Å². The monoisotopic (exact) mass is 354 g/mol. The van der Waals surface area contributed by atoms with Crippen molar-refractivity contribution in [3.8, 4) is 0 Å². The van der Waals surface area contributed by atoms with Gasteiger partial charge < -0.3 is 14.0 Å². The molecule has 0 aliphatic carbocycles. The summed E-state index contributed by atoms with van der Waals surface area (Å²) in [6.07, 6.45) is -22.4. The van der Waals surface area contributed by atoms with Crippen LogP contribution in [-0.2, 0) is 11.1 Å². The SMILES string of the molecule is [2H]c1c([2H])c([2H])n2c([2H])c(C([2H])([2H])C3([2H])N(C(=O)OC(C)(C([2H])([2H])[2H])C([2H])([2H])[2H])C([2H])([2H])C([2H])([2H])C([2H])([2H])C3([2H])[2H])nc2c1F. The fraction of sp³-hybridized carbons (Fsp3) is 0.556. The van der Waals surface area contributed by atoms with Crippen LogP contribution in [0.5, 0.6) is 0 Å². The zero-order valence-corrected chi connectivity index (χ0v) is 12.0. The summed E-state index contributed by atoms with van der Waals surface area (Å²) in [5.74, 6) is -1.71. The molecule has 2 aromatic rings. The number of pyridine rings is 1. The van der Waals surface area contributed by atoms with Crippen LogP contribution in [0.15, 0.2) is 24.4 Å². The average molecular weight is 355 g/mol. The topological polar surface area (TPSA) is 46.8 Å². The third kappa shape index (κ3) is 3.68. The van der Waals surface area contributed by atoms with Crippen LogP contribution in [0, 0.1) is 5.82 Å². The Kier molecular flexibility index (Phi) is 1.27. The molecule has 1 unspecified atom stereocenters. The Bertz CT molecular complexity index is 1550. The molecule has 1 saturated heterocycles. The second-order valence-corrected chi connectivity index (χ2v) is 4.60. The smallest absolute Gasteiger partial charge is 0.410 e. The quantitative estimate of drug-likeness (QED) is 0.824. The predicted molar refractivity (Wildman–Crippen MR) is 89.4 cm³/mol. The molecular formula is C18H24FN3O2. The largest absolute Gasteiger partial charge is 0.444 e. The van der Waals surface area contributed by atoms with Crippen molar-refractivity contribution in [3.05, 3.63) is 35.9 Å². The number of nitrogens with zero attached hydrogens (tertiary/aromatic N) is 3. The van der Waals surface area contributed by atoms with Crippen molar-refractivity contribution in [1.29, 1.82) is 0 Å². The molecule has 0 N–H and O–H groups in total. The molecule has 1 atom stereocenters. The van der Waals surface area contributed by atoms with Crippen LogP contribution in [0.2, 0.25) is 0 Å². The van der Waals surface area contributed by atoms with Gasteiger partial charge in [-0.05, 0) is 51.8 Å². The molecule has 3 heterocycles. The lowest BCUT2D eigenvalue weighted by atomic mass is 9.98. The number of imidazole rings is 1. The summed E-state index contributed by atoms with van der Waals surface area (Å²) in [5, 5.41) is 0. The Hall–Kier alpha value is -2.11. The van der Waals surface area contributed by atoms with Gasteiger partial charge in [0.05, 0.1) is 12.5 Å². The van der Waals surface area contributed by atoms with Crippen LogP contribution >= 0.6 is 0 Å². The van der Waals surface area contributed by atoms with Crippen molar-refractivity contribution in [1.82, 2.24) is 14.3 Å². The van der Waals surface area contributed by atoms with E-state index in [2.05, 4.69) is 9.72 Å². The van der Waals surface area contributed by atoms with Crippen LogP contribution < -0.4 is 0 Å². The van der Waals surface area contributed by atoms with Gasteiger partial charge in [-0.25, -0.2) is 14.2 Å². The van der Waals surface area contributed by atoms with Gasteiger partial charge in [0.1, 0.15) is 5.60 Å². The number of ether oxygens (including phenoxy) is 1. The number of rotatable bonds is 2. The van der Waals surface area contributed by atoms with Gasteiger partial charge in [-0.2, -0.15) is 0 Å². The molecule has 0 radical (unpaired) electrons. The first-order valence-electron chi connectivity index (χ1n) is 16.8. The van der Waals surface area contributed by atoms with Crippen molar-refractivity contribution < 1.29 is 42.7 Å². The number of aromatic nitrogens is 2. The summed E-state index contributed by atoms with van der Waals surface area (Å²) in [6, 6.07) is -6.94. The second-order valence-electron chi connectivity index (χ2n) is 4.60. The van der Waals surface area contributed by atoms with Crippen molar-refractivity contribution in [2.24, 2.45) is 0 Å². The molecule has 1 aliphatic rings. The Morgan fingerprint density at radius 2 is 2.54 bits per heavy atom. The van der Waals surface area contributed by atoms with Crippen molar-refractivity contribution in [2.75, 3.05) is 6.50 Å². The summed E-state index contributed by atoms with van der Waals surface area (Å²) in [5.41, 5.74) is -6.39. The van der Waals surface area contributed by atoms with E-state index >= 15 is 0 Å². The number of carbonyl (C=O) groups is 1. The van der Waals surface area contributed by atoms with Gasteiger partial charge in [-0.1, -0.05) is 0 Å². The first kappa shape index (κ1) is 4.74. The maximum atomic E-state index is 14.9. The van der Waals surface area contributed by atoms with E-state index in [1.165, 1.54) is 0 Å². The van der Waals surface area contributed by atoms with Crippen molar-refractivity contribution in [2.45, 2.75) is 57.7 Å². The van der Waals surface area contributed by atoms with E-state index in [4.69, 9.17) is 28.8 Å². The molecule has 0 bridgehead atoms. The molecule has 0 saturated carbocycles. The van der Waals surface area contributed by atoms with Crippen LogP contribution in [-0.4, -0.2) is 38.5 Å². The molecule has 5 nitrogen and oxygen atoms in total. The Labute approximate surface area is 170 Å². The lowest BCUT2D eigenvalue weighted by Crippen LogP contribution is -2.47. The molecule has 24 heavy (non-hydrogen) atoms. The second kappa shape index (κ2) is 6.42. The van der Waals surface area contributed by atoms with Gasteiger partial charge in [-0.3, -0.25) is 0 Å². The third-order valence-electron chi connectivity index (χ3n) is 2.53. The fourth-order valence-corrected chi connectivity index (χ4v) is 1.66. The molecule has 0 spiro atoms. The van der Waals surface area contributed by atoms with Gasteiger partial charge in [-0.15, -0.1) is 0 Å². The molecule has 6 heteroatoms. The maximum Gasteiger partial charge on any atom is 0.410 e. The van der Waals surface area contributed by atoms with Crippen LogP contribution in [0.1, 0.15) is 74.2 Å². The minimum atomic E-state index is -4.56. The standard InChI is InChI=1S/C18H24FN3O2/c1-18(2,3)24-17(23)22-10-5-4-7-14(22)11-13-12-21-9-6-8-15(19)16(21)20-13/h6,8-9,12,14H,4-5,7,10-11H2,1-3H3/i1D3,2D3,4D2,5D2,6D,7D2,8D,9D,10D2,11D2,12D,14D. The highest BCUT2D eigenvalue weighted by molar-refractivity contribution is 5.68. The Morgan fingerprint density at radius 3 is 3.33 bits per heavy atom. The van der Waals surface area contributed by atoms with E-state index < -0.39 is 110 Å². The van der Waals surface area contributed by atoms with Crippen molar-refractivity contribution >= 4 is 11.7 Å². The molecule has 1 aliphatic heterocycles. The highest BCUT2D eigenvalue weighted by Gasteiger charge is 2.31. The number of carbonyl (C=O) groups excluding carboxylic acids is 1. The molecule has 130 valence electrons. The number of likely N-dealkylation sites (tertiary alicyclic amines) is 1. The van der Waals surface area contributed by atoms with Crippen LogP contribution in [0.25, 0.3) is 5.65 Å². The number of hydrogen-bond acceptors (Lipinski definition) is 3. The molecule has 2 aromatic heterocycles. The summed E-state index contributed by atoms with van der Waals surface area (Å²) >= 11 is 0. The molecule has 3 rings (SSSR count). The first-order chi connectivity index (χ1) is 19.7. The number of amides is 1. The van der Waals surface area contributed by atoms with E-state index in [0.29, 0.717) is 6.92 Å². The van der Waals surface area contributed by atoms with E-state index in [1.54, 1.807) is 0 Å². The number of fused-ring (bicyclic) bond motifs is 1. The molecule has 0 aromatic carbocycles. The van der Waals surface area contributed by atoms with Gasteiger partial charge in [0.15, 0.2) is 11.5 Å². The maximum absolute atomic E-state index is 14.9. The lowest BCUT2D eigenvalue weighted by Gasteiger charge is -2.36. The molecular weight excluding hydrogens is 309 g/mol. The zero-order valence-electron chi connectivity index (χ0n) is 33.0. The molecule has 1 fully saturated rings. The predicted octanol–water partition coefficient (Wildman–Crippen LogP) is 3.81. The molecule has 1 amide bonds. The van der Waals surface area contributed by atoms with Gasteiger partial charge in [0.2, 0.25) is 0 Å². The number of piperidine rings is 1.